The molecule has 0 amide bonds. The molecule has 0 aliphatic heterocycles. The maximum Gasteiger partial charge on any atom is 0.189 e. The number of aromatic nitrogens is 3. The monoisotopic (exact) mass is 558 g/mol. The predicted octanol–water partition coefficient (Wildman–Crippen LogP) is 5.09. The van der Waals surface area contributed by atoms with Crippen molar-refractivity contribution in [1.82, 2.24) is 15.1 Å². The number of carbonyl (C=O) groups is 1. The molecule has 0 saturated carbocycles. The first-order valence-corrected chi connectivity index (χ1v) is 13.9. The summed E-state index contributed by atoms with van der Waals surface area (Å²) in [6.07, 6.45) is -0.0183. The Balaban J connectivity index is 1.47. The second-order valence-electron chi connectivity index (χ2n) is 9.06. The SMILES string of the molecule is COc1cc(Nc2nc3ccccc3nc2CS(=O)(=O)c2cccc(CC(=O)c3cc(C)on3)c2)cc(OC)c1. The number of ether oxygens (including phenoxy) is 2. The van der Waals surface area contributed by atoms with Crippen molar-refractivity contribution >= 4 is 38.2 Å². The molecule has 204 valence electrons. The fourth-order valence-corrected chi connectivity index (χ4v) is 5.48. The summed E-state index contributed by atoms with van der Waals surface area (Å²) in [6.45, 7) is 1.70. The average molecular weight is 559 g/mol. The number of nitrogens with zero attached hydrogens (tertiary/aromatic N) is 3. The van der Waals surface area contributed by atoms with Crippen LogP contribution in [0.4, 0.5) is 11.5 Å². The normalized spacial score (nSPS) is 11.4. The Morgan fingerprint density at radius 3 is 2.25 bits per heavy atom. The lowest BCUT2D eigenvalue weighted by Crippen LogP contribution is -2.11. The van der Waals surface area contributed by atoms with E-state index in [-0.39, 0.29) is 34.3 Å². The molecular weight excluding hydrogens is 532 g/mol. The topological polar surface area (TPSA) is 134 Å². The first-order valence-electron chi connectivity index (χ1n) is 12.3. The van der Waals surface area contributed by atoms with E-state index in [1.807, 2.05) is 12.1 Å². The molecule has 1 N–H and O–H groups in total. The minimum Gasteiger partial charge on any atom is -0.497 e. The fraction of sp³-hybridized carbons (Fsp3) is 0.172. The van der Waals surface area contributed by atoms with Gasteiger partial charge in [-0.05, 0) is 36.8 Å². The Morgan fingerprint density at radius 2 is 1.60 bits per heavy atom. The molecule has 0 radical (unpaired) electrons. The van der Waals surface area contributed by atoms with Crippen molar-refractivity contribution in [2.24, 2.45) is 0 Å². The molecule has 11 heteroatoms. The van der Waals surface area contributed by atoms with Crippen LogP contribution < -0.4 is 14.8 Å². The van der Waals surface area contributed by atoms with E-state index < -0.39 is 15.6 Å². The number of nitrogens with one attached hydrogen (secondary N) is 1. The van der Waals surface area contributed by atoms with E-state index in [1.54, 1.807) is 69.7 Å². The highest BCUT2D eigenvalue weighted by molar-refractivity contribution is 7.90. The molecule has 0 saturated heterocycles. The molecule has 5 aromatic rings. The first-order chi connectivity index (χ1) is 19.2. The number of carbonyl (C=O) groups excluding carboxylic acids is 1. The van der Waals surface area contributed by atoms with Gasteiger partial charge in [-0.2, -0.15) is 0 Å². The molecule has 0 bridgehead atoms. The summed E-state index contributed by atoms with van der Waals surface area (Å²) < 4.78 is 42.9. The molecule has 3 aromatic carbocycles. The number of hydrogen-bond acceptors (Lipinski definition) is 10. The van der Waals surface area contributed by atoms with Crippen molar-refractivity contribution in [3.8, 4) is 11.5 Å². The molecular formula is C29H26N4O6S. The first kappa shape index (κ1) is 26.8. The highest BCUT2D eigenvalue weighted by atomic mass is 32.2. The van der Waals surface area contributed by atoms with E-state index in [2.05, 4.69) is 20.4 Å². The number of anilines is 2. The molecule has 40 heavy (non-hydrogen) atoms. The van der Waals surface area contributed by atoms with Gasteiger partial charge in [0.25, 0.3) is 0 Å². The number of para-hydroxylation sites is 2. The number of hydrogen-bond donors (Lipinski definition) is 1. The maximum atomic E-state index is 13.6. The van der Waals surface area contributed by atoms with Crippen molar-refractivity contribution in [2.45, 2.75) is 24.0 Å². The van der Waals surface area contributed by atoms with Gasteiger partial charge in [-0.15, -0.1) is 0 Å². The number of Topliss-reactive ketones (excluding diaryl/α,β-unsaturated/α-hetero) is 1. The second kappa shape index (κ2) is 11.1. The minimum atomic E-state index is -3.88. The van der Waals surface area contributed by atoms with Crippen LogP contribution in [0.1, 0.15) is 27.5 Å². The van der Waals surface area contributed by atoms with Crippen LogP contribution in [0.2, 0.25) is 0 Å². The van der Waals surface area contributed by atoms with Crippen molar-refractivity contribution in [3.05, 3.63) is 95.5 Å². The molecule has 5 rings (SSSR count). The standard InChI is InChI=1S/C29H26N4O6S/c1-18-11-26(33-39-18)28(34)13-19-7-6-8-23(12-19)40(35,36)17-27-29(32-25-10-5-4-9-24(25)31-27)30-20-14-21(37-2)16-22(15-20)38-3/h4-12,14-16H,13,17H2,1-3H3,(H,30,32). The van der Waals surface area contributed by atoms with Crippen LogP contribution >= 0.6 is 0 Å². The Labute approximate surface area is 230 Å². The summed E-state index contributed by atoms with van der Waals surface area (Å²) in [5, 5.41) is 6.94. The van der Waals surface area contributed by atoms with Gasteiger partial charge in [0.1, 0.15) is 28.7 Å². The number of aryl methyl sites for hydroxylation is 1. The van der Waals surface area contributed by atoms with Crippen LogP contribution in [0.25, 0.3) is 11.0 Å². The van der Waals surface area contributed by atoms with Crippen molar-refractivity contribution < 1.29 is 27.2 Å². The number of benzene rings is 3. The summed E-state index contributed by atoms with van der Waals surface area (Å²) in [4.78, 5) is 22.0. The molecule has 2 aromatic heterocycles. The Kier molecular flexibility index (Phi) is 7.47. The quantitative estimate of drug-likeness (QED) is 0.231. The highest BCUT2D eigenvalue weighted by Gasteiger charge is 2.22. The summed E-state index contributed by atoms with van der Waals surface area (Å²) in [6, 6.07) is 20.3. The Hall–Kier alpha value is -4.77. The van der Waals surface area contributed by atoms with E-state index in [1.165, 1.54) is 12.1 Å². The van der Waals surface area contributed by atoms with Crippen LogP contribution in [0.3, 0.4) is 0 Å². The molecule has 0 aliphatic rings. The van der Waals surface area contributed by atoms with E-state index >= 15 is 0 Å². The summed E-state index contributed by atoms with van der Waals surface area (Å²) in [5.74, 6) is 1.22. The van der Waals surface area contributed by atoms with E-state index in [9.17, 15) is 13.2 Å². The van der Waals surface area contributed by atoms with Crippen LogP contribution in [-0.2, 0) is 22.0 Å². The number of methoxy groups -OCH3 is 2. The number of fused-ring (bicyclic) bond motifs is 1. The summed E-state index contributed by atoms with van der Waals surface area (Å²) in [5.41, 5.74) is 2.72. The minimum absolute atomic E-state index is 0.0183. The van der Waals surface area contributed by atoms with Crippen molar-refractivity contribution in [1.29, 1.82) is 0 Å². The Bertz CT molecular complexity index is 1790. The van der Waals surface area contributed by atoms with Crippen LogP contribution in [-0.4, -0.2) is 43.5 Å². The van der Waals surface area contributed by atoms with E-state index in [0.29, 0.717) is 39.5 Å². The zero-order valence-electron chi connectivity index (χ0n) is 22.0. The number of ketones is 1. The van der Waals surface area contributed by atoms with Gasteiger partial charge in [0, 0.05) is 36.4 Å². The van der Waals surface area contributed by atoms with Crippen LogP contribution in [0.15, 0.2) is 82.2 Å². The lowest BCUT2D eigenvalue weighted by molar-refractivity contribution is 0.0984. The maximum absolute atomic E-state index is 13.6. The van der Waals surface area contributed by atoms with Gasteiger partial charge < -0.3 is 19.3 Å². The van der Waals surface area contributed by atoms with E-state index in [0.717, 1.165) is 0 Å². The number of rotatable bonds is 10. The zero-order valence-corrected chi connectivity index (χ0v) is 22.9. The van der Waals surface area contributed by atoms with Gasteiger partial charge >= 0.3 is 0 Å². The third-order valence-corrected chi connectivity index (χ3v) is 7.75. The van der Waals surface area contributed by atoms with Crippen LogP contribution in [0, 0.1) is 6.92 Å². The van der Waals surface area contributed by atoms with Crippen LogP contribution in [0.5, 0.6) is 11.5 Å². The Morgan fingerprint density at radius 1 is 0.900 bits per heavy atom. The molecule has 0 aliphatic carbocycles. The molecule has 0 unspecified atom stereocenters. The average Bonchev–Trinajstić information content (AvgIpc) is 3.39. The predicted molar refractivity (Wildman–Crippen MR) is 149 cm³/mol. The van der Waals surface area contributed by atoms with Gasteiger partial charge in [-0.1, -0.05) is 29.4 Å². The zero-order chi connectivity index (χ0) is 28.3. The highest BCUT2D eigenvalue weighted by Crippen LogP contribution is 2.30. The largest absolute Gasteiger partial charge is 0.497 e. The third-order valence-electron chi connectivity index (χ3n) is 6.12. The fourth-order valence-electron chi connectivity index (χ4n) is 4.14. The van der Waals surface area contributed by atoms with E-state index in [4.69, 9.17) is 14.0 Å². The molecule has 0 spiro atoms. The lowest BCUT2D eigenvalue weighted by Gasteiger charge is -2.14. The van der Waals surface area contributed by atoms with Gasteiger partial charge in [0.2, 0.25) is 0 Å². The van der Waals surface area contributed by atoms with Gasteiger partial charge in [-0.25, -0.2) is 18.4 Å². The number of sulfone groups is 1. The van der Waals surface area contributed by atoms with Crippen molar-refractivity contribution in [2.75, 3.05) is 19.5 Å². The second-order valence-corrected chi connectivity index (χ2v) is 11.1. The molecule has 10 nitrogen and oxygen atoms in total. The lowest BCUT2D eigenvalue weighted by atomic mass is 10.1. The van der Waals surface area contributed by atoms with Gasteiger partial charge in [0.05, 0.1) is 35.8 Å². The summed E-state index contributed by atoms with van der Waals surface area (Å²) in [7, 11) is -0.794. The van der Waals surface area contributed by atoms with Gasteiger partial charge in [-0.3, -0.25) is 4.79 Å². The third kappa shape index (κ3) is 5.94. The molecule has 2 heterocycles. The summed E-state index contributed by atoms with van der Waals surface area (Å²) >= 11 is 0. The molecule has 0 fully saturated rings. The smallest absolute Gasteiger partial charge is 0.189 e. The molecule has 0 atom stereocenters. The van der Waals surface area contributed by atoms with Crippen molar-refractivity contribution in [3.63, 3.8) is 0 Å². The van der Waals surface area contributed by atoms with Gasteiger partial charge in [0.15, 0.2) is 21.4 Å².